The molecule has 1 fully saturated rings. The number of halogens is 1. The minimum atomic E-state index is -0.916. The summed E-state index contributed by atoms with van der Waals surface area (Å²) in [7, 11) is 0. The van der Waals surface area contributed by atoms with E-state index in [0.29, 0.717) is 42.4 Å². The summed E-state index contributed by atoms with van der Waals surface area (Å²) in [5, 5.41) is 17.4. The van der Waals surface area contributed by atoms with Crippen LogP contribution >= 0.6 is 15.9 Å². The molecule has 0 aliphatic carbocycles. The highest BCUT2D eigenvalue weighted by molar-refractivity contribution is 9.10. The Morgan fingerprint density at radius 1 is 1.45 bits per heavy atom. The van der Waals surface area contributed by atoms with Crippen LogP contribution in [0.25, 0.3) is 0 Å². The first kappa shape index (κ1) is 14.5. The van der Waals surface area contributed by atoms with Crippen molar-refractivity contribution in [2.75, 3.05) is 31.1 Å². The van der Waals surface area contributed by atoms with Crippen molar-refractivity contribution in [1.82, 2.24) is 20.3 Å². The van der Waals surface area contributed by atoms with Crippen LogP contribution in [-0.2, 0) is 0 Å². The zero-order valence-electron chi connectivity index (χ0n) is 10.4. The Kier molecular flexibility index (Phi) is 4.69. The molecule has 0 radical (unpaired) electrons. The molecule has 1 aromatic rings. The van der Waals surface area contributed by atoms with Crippen LogP contribution < -0.4 is 10.4 Å². The number of rotatable bonds is 3. The van der Waals surface area contributed by atoms with Gasteiger partial charge in [-0.1, -0.05) is 0 Å². The third kappa shape index (κ3) is 3.33. The molecule has 1 aliphatic heterocycles. The molecule has 0 aromatic carbocycles. The molecular weight excluding hydrogens is 332 g/mol. The Morgan fingerprint density at radius 3 is 2.75 bits per heavy atom. The molecule has 1 aliphatic rings. The minimum absolute atomic E-state index is 0.372. The van der Waals surface area contributed by atoms with Crippen LogP contribution in [0.4, 0.5) is 16.6 Å². The summed E-state index contributed by atoms with van der Waals surface area (Å²) in [6.07, 6.45) is 1.75. The molecule has 2 heterocycles. The van der Waals surface area contributed by atoms with Crippen molar-refractivity contribution in [2.45, 2.75) is 0 Å². The van der Waals surface area contributed by atoms with E-state index in [1.165, 1.54) is 4.90 Å². The van der Waals surface area contributed by atoms with Crippen LogP contribution in [0.1, 0.15) is 0 Å². The Morgan fingerprint density at radius 2 is 2.15 bits per heavy atom. The van der Waals surface area contributed by atoms with Crippen molar-refractivity contribution in [3.05, 3.63) is 10.7 Å². The van der Waals surface area contributed by atoms with Crippen LogP contribution in [0.3, 0.4) is 0 Å². The van der Waals surface area contributed by atoms with Crippen molar-refractivity contribution in [3.63, 3.8) is 0 Å². The third-order valence-electron chi connectivity index (χ3n) is 2.79. The maximum atomic E-state index is 10.8. The van der Waals surface area contributed by atoms with Crippen molar-refractivity contribution in [3.8, 4) is 0 Å². The first-order chi connectivity index (χ1) is 9.61. The van der Waals surface area contributed by atoms with Crippen molar-refractivity contribution >= 4 is 40.1 Å². The molecule has 0 atom stereocenters. The summed E-state index contributed by atoms with van der Waals surface area (Å²) in [6, 6.07) is 0. The van der Waals surface area contributed by atoms with Gasteiger partial charge in [0.1, 0.15) is 6.34 Å². The van der Waals surface area contributed by atoms with Gasteiger partial charge in [-0.3, -0.25) is 10.7 Å². The highest BCUT2D eigenvalue weighted by Gasteiger charge is 2.22. The Balaban J connectivity index is 2.10. The van der Waals surface area contributed by atoms with E-state index in [4.69, 9.17) is 10.3 Å². The number of anilines is 1. The first-order valence-corrected chi connectivity index (χ1v) is 6.58. The lowest BCUT2D eigenvalue weighted by Crippen LogP contribution is -2.48. The fourth-order valence-electron chi connectivity index (χ4n) is 1.78. The molecule has 0 saturated carbocycles. The number of piperazine rings is 1. The van der Waals surface area contributed by atoms with E-state index in [1.54, 1.807) is 11.7 Å². The lowest BCUT2D eigenvalue weighted by molar-refractivity contribution is 0.142. The molecule has 0 unspecified atom stereocenters. The lowest BCUT2D eigenvalue weighted by Gasteiger charge is -2.33. The molecule has 20 heavy (non-hydrogen) atoms. The van der Waals surface area contributed by atoms with Gasteiger partial charge in [0.25, 0.3) is 0 Å². The highest BCUT2D eigenvalue weighted by atomic mass is 79.9. The number of carboxylic acid groups (broad SMARTS) is 1. The van der Waals surface area contributed by atoms with Gasteiger partial charge in [0.2, 0.25) is 5.95 Å². The summed E-state index contributed by atoms with van der Waals surface area (Å²) in [5.74, 6) is 0.848. The number of carbonyl (C=O) groups is 1. The standard InChI is InChI=1S/C10H13BrN6O3/c11-7-5-12-9(15-8(7)13-6-14-20)16-1-3-17(4-2-16)10(18)19/h5-6,20H,1-4H2,(H,18,19)(H,12,13,14,15). The van der Waals surface area contributed by atoms with Gasteiger partial charge in [0.05, 0.1) is 4.47 Å². The van der Waals surface area contributed by atoms with E-state index in [2.05, 4.69) is 30.9 Å². The van der Waals surface area contributed by atoms with Gasteiger partial charge in [-0.05, 0) is 15.9 Å². The average Bonchev–Trinajstić information content (AvgIpc) is 2.46. The summed E-state index contributed by atoms with van der Waals surface area (Å²) >= 11 is 3.26. The number of hydrogen-bond acceptors (Lipinski definition) is 6. The number of nitrogens with one attached hydrogen (secondary N) is 1. The van der Waals surface area contributed by atoms with E-state index < -0.39 is 6.09 Å². The summed E-state index contributed by atoms with van der Waals surface area (Å²) in [5.41, 5.74) is 1.80. The normalized spacial score (nSPS) is 15.7. The van der Waals surface area contributed by atoms with Crippen LogP contribution in [0.5, 0.6) is 0 Å². The van der Waals surface area contributed by atoms with E-state index in [9.17, 15) is 4.79 Å². The SMILES string of the molecule is O=C(O)N1CCN(c2ncc(Br)c(N=CNO)n2)CC1. The topological polar surface area (TPSA) is 114 Å². The zero-order valence-corrected chi connectivity index (χ0v) is 12.0. The van der Waals surface area contributed by atoms with E-state index >= 15 is 0 Å². The monoisotopic (exact) mass is 344 g/mol. The smallest absolute Gasteiger partial charge is 0.407 e. The summed E-state index contributed by atoms with van der Waals surface area (Å²) in [4.78, 5) is 26.4. The minimum Gasteiger partial charge on any atom is -0.465 e. The highest BCUT2D eigenvalue weighted by Crippen LogP contribution is 2.24. The number of aromatic nitrogens is 2. The fourth-order valence-corrected chi connectivity index (χ4v) is 2.07. The van der Waals surface area contributed by atoms with Crippen LogP contribution in [0, 0.1) is 0 Å². The molecule has 2 rings (SSSR count). The molecule has 9 nitrogen and oxygen atoms in total. The zero-order chi connectivity index (χ0) is 14.5. The molecule has 3 N–H and O–H groups in total. The Bertz CT molecular complexity index is 518. The third-order valence-corrected chi connectivity index (χ3v) is 3.35. The maximum absolute atomic E-state index is 10.8. The van der Waals surface area contributed by atoms with Gasteiger partial charge in [-0.15, -0.1) is 0 Å². The molecule has 108 valence electrons. The first-order valence-electron chi connectivity index (χ1n) is 5.79. The number of hydroxylamine groups is 1. The quantitative estimate of drug-likeness (QED) is 0.419. The molecule has 1 saturated heterocycles. The van der Waals surface area contributed by atoms with Crippen molar-refractivity contribution in [1.29, 1.82) is 0 Å². The van der Waals surface area contributed by atoms with Gasteiger partial charge in [0.15, 0.2) is 5.82 Å². The lowest BCUT2D eigenvalue weighted by atomic mass is 10.3. The van der Waals surface area contributed by atoms with Crippen LogP contribution in [0.15, 0.2) is 15.7 Å². The summed E-state index contributed by atoms with van der Waals surface area (Å²) in [6.45, 7) is 1.86. The van der Waals surface area contributed by atoms with E-state index in [1.807, 2.05) is 4.90 Å². The second-order valence-corrected chi connectivity index (χ2v) is 4.84. The second-order valence-electron chi connectivity index (χ2n) is 3.99. The van der Waals surface area contributed by atoms with Crippen molar-refractivity contribution < 1.29 is 15.1 Å². The largest absolute Gasteiger partial charge is 0.465 e. The maximum Gasteiger partial charge on any atom is 0.407 e. The predicted octanol–water partition coefficient (Wildman–Crippen LogP) is 0.678. The number of aliphatic imine (C=N–C) groups is 1. The number of hydrogen-bond donors (Lipinski definition) is 3. The van der Waals surface area contributed by atoms with Crippen molar-refractivity contribution in [2.24, 2.45) is 4.99 Å². The molecule has 10 heteroatoms. The van der Waals surface area contributed by atoms with Gasteiger partial charge >= 0.3 is 6.09 Å². The average molecular weight is 345 g/mol. The Hall–Kier alpha value is -1.94. The Labute approximate surface area is 123 Å². The number of nitrogens with zero attached hydrogens (tertiary/aromatic N) is 5. The predicted molar refractivity (Wildman–Crippen MR) is 74.6 cm³/mol. The van der Waals surface area contributed by atoms with Crippen LogP contribution in [0.2, 0.25) is 0 Å². The van der Waals surface area contributed by atoms with E-state index in [0.717, 1.165) is 6.34 Å². The molecule has 1 amide bonds. The summed E-state index contributed by atoms with van der Waals surface area (Å²) < 4.78 is 0.594. The second kappa shape index (κ2) is 6.48. The molecule has 0 bridgehead atoms. The van der Waals surface area contributed by atoms with Gasteiger partial charge in [0, 0.05) is 32.4 Å². The van der Waals surface area contributed by atoms with Gasteiger partial charge in [-0.25, -0.2) is 14.8 Å². The fraction of sp³-hybridized carbons (Fsp3) is 0.400. The number of amides is 1. The van der Waals surface area contributed by atoms with E-state index in [-0.39, 0.29) is 0 Å². The van der Waals surface area contributed by atoms with Gasteiger partial charge < -0.3 is 14.9 Å². The molecular formula is C10H13BrN6O3. The van der Waals surface area contributed by atoms with Gasteiger partial charge in [-0.2, -0.15) is 4.98 Å². The molecule has 1 aromatic heterocycles. The molecule has 0 spiro atoms. The van der Waals surface area contributed by atoms with Crippen LogP contribution in [-0.4, -0.2) is 63.8 Å².